The first kappa shape index (κ1) is 19.8. The highest BCUT2D eigenvalue weighted by Crippen LogP contribution is 2.34. The van der Waals surface area contributed by atoms with Crippen molar-refractivity contribution < 1.29 is 4.57 Å². The van der Waals surface area contributed by atoms with Gasteiger partial charge in [0.2, 0.25) is 0 Å². The van der Waals surface area contributed by atoms with Gasteiger partial charge in [0.05, 0.1) is 12.2 Å². The molecule has 0 radical (unpaired) electrons. The largest absolute Gasteiger partial charge is 0.343 e. The molecule has 4 aromatic rings. The highest BCUT2D eigenvalue weighted by molar-refractivity contribution is 5.99. The summed E-state index contributed by atoms with van der Waals surface area (Å²) in [5, 5.41) is 1.29. The van der Waals surface area contributed by atoms with Gasteiger partial charge >= 0.3 is 0 Å². The van der Waals surface area contributed by atoms with Crippen molar-refractivity contribution in [2.24, 2.45) is 7.05 Å². The molecule has 0 N–H and O–H groups in total. The van der Waals surface area contributed by atoms with Gasteiger partial charge in [-0.25, -0.2) is 4.57 Å². The van der Waals surface area contributed by atoms with Gasteiger partial charge in [-0.3, -0.25) is 4.90 Å². The van der Waals surface area contributed by atoms with E-state index in [0.29, 0.717) is 0 Å². The predicted octanol–water partition coefficient (Wildman–Crippen LogP) is 5.40. The Morgan fingerprint density at radius 2 is 1.55 bits per heavy atom. The van der Waals surface area contributed by atoms with E-state index in [0.717, 1.165) is 13.1 Å². The van der Waals surface area contributed by atoms with Gasteiger partial charge in [0.1, 0.15) is 0 Å². The Hall–Kier alpha value is -3.17. The van der Waals surface area contributed by atoms with Crippen molar-refractivity contribution in [3.63, 3.8) is 0 Å². The van der Waals surface area contributed by atoms with Crippen LogP contribution in [0, 0.1) is 0 Å². The number of likely N-dealkylation sites (tertiary alicyclic amines) is 1. The van der Waals surface area contributed by atoms with Gasteiger partial charge in [-0.2, -0.15) is 0 Å². The number of nitrogens with zero attached hydrogens (tertiary/aromatic N) is 3. The number of aryl methyl sites for hydroxylation is 1. The molecule has 0 bridgehead atoms. The first-order chi connectivity index (χ1) is 15.3. The second-order valence-electron chi connectivity index (χ2n) is 8.46. The summed E-state index contributed by atoms with van der Waals surface area (Å²) in [6, 6.07) is 23.8. The van der Waals surface area contributed by atoms with Crippen LogP contribution >= 0.6 is 0 Å². The number of hydrogen-bond acceptors (Lipinski definition) is 1. The number of fused-ring (bicyclic) bond motifs is 1. The highest BCUT2D eigenvalue weighted by Gasteiger charge is 2.15. The molecule has 1 aliphatic heterocycles. The van der Waals surface area contributed by atoms with Crippen molar-refractivity contribution in [3.8, 4) is 11.3 Å². The van der Waals surface area contributed by atoms with Crippen LogP contribution < -0.4 is 4.57 Å². The molecule has 156 valence electrons. The highest BCUT2D eigenvalue weighted by atomic mass is 15.2. The molecule has 2 aromatic heterocycles. The van der Waals surface area contributed by atoms with Gasteiger partial charge in [0.25, 0.3) is 0 Å². The van der Waals surface area contributed by atoms with Crippen LogP contribution in [0.25, 0.3) is 34.3 Å². The van der Waals surface area contributed by atoms with Gasteiger partial charge in [-0.05, 0) is 43.1 Å². The van der Waals surface area contributed by atoms with E-state index in [-0.39, 0.29) is 0 Å². The first-order valence-corrected chi connectivity index (χ1v) is 11.3. The van der Waals surface area contributed by atoms with Crippen molar-refractivity contribution in [2.75, 3.05) is 19.6 Å². The van der Waals surface area contributed by atoms with E-state index in [1.165, 1.54) is 59.2 Å². The second kappa shape index (κ2) is 8.91. The van der Waals surface area contributed by atoms with Gasteiger partial charge in [0, 0.05) is 35.6 Å². The monoisotopic (exact) mass is 408 g/mol. The molecular formula is C28H30N3+. The number of rotatable bonds is 6. The van der Waals surface area contributed by atoms with Crippen molar-refractivity contribution in [1.29, 1.82) is 0 Å². The zero-order valence-corrected chi connectivity index (χ0v) is 18.2. The van der Waals surface area contributed by atoms with Crippen molar-refractivity contribution in [3.05, 3.63) is 90.3 Å². The molecule has 0 spiro atoms. The number of pyridine rings is 1. The van der Waals surface area contributed by atoms with E-state index >= 15 is 0 Å². The zero-order chi connectivity index (χ0) is 21.0. The average molecular weight is 409 g/mol. The molecule has 0 unspecified atom stereocenters. The molecule has 1 fully saturated rings. The maximum atomic E-state index is 2.56. The summed E-state index contributed by atoms with van der Waals surface area (Å²) in [5.41, 5.74) is 6.26. The minimum atomic E-state index is 1.06. The Kier molecular flexibility index (Phi) is 5.68. The van der Waals surface area contributed by atoms with E-state index in [4.69, 9.17) is 0 Å². The van der Waals surface area contributed by atoms with Crippen LogP contribution in [0.5, 0.6) is 0 Å². The standard InChI is InChI=1S/C28H30N3/c1-29-27-12-6-5-11-25(27)26(28(29)24-9-3-2-4-10-24)14-13-23-15-19-31(20-16-23)22-21-30-17-7-8-18-30/h2-6,9-16,19-20H,7-8,17-18,21-22H2,1H3/q+1. The summed E-state index contributed by atoms with van der Waals surface area (Å²) >= 11 is 0. The lowest BCUT2D eigenvalue weighted by atomic mass is 10.0. The lowest BCUT2D eigenvalue weighted by molar-refractivity contribution is -0.696. The molecule has 2 aromatic carbocycles. The fraction of sp³-hybridized carbons (Fsp3) is 0.250. The van der Waals surface area contributed by atoms with E-state index in [9.17, 15) is 0 Å². The number of benzene rings is 2. The zero-order valence-electron chi connectivity index (χ0n) is 18.2. The van der Waals surface area contributed by atoms with Crippen LogP contribution in [0.15, 0.2) is 79.1 Å². The number of aromatic nitrogens is 2. The molecule has 0 atom stereocenters. The van der Waals surface area contributed by atoms with Gasteiger partial charge < -0.3 is 4.57 Å². The van der Waals surface area contributed by atoms with Crippen LogP contribution in [0.4, 0.5) is 0 Å². The van der Waals surface area contributed by atoms with Crippen molar-refractivity contribution >= 4 is 23.1 Å². The summed E-state index contributed by atoms with van der Waals surface area (Å²) in [6.45, 7) is 4.73. The first-order valence-electron chi connectivity index (χ1n) is 11.3. The van der Waals surface area contributed by atoms with Gasteiger partial charge in [-0.15, -0.1) is 0 Å². The molecule has 3 nitrogen and oxygen atoms in total. The molecular weight excluding hydrogens is 378 g/mol. The minimum Gasteiger partial charge on any atom is -0.343 e. The lowest BCUT2D eigenvalue weighted by Crippen LogP contribution is -2.39. The summed E-state index contributed by atoms with van der Waals surface area (Å²) in [7, 11) is 2.16. The fourth-order valence-electron chi connectivity index (χ4n) is 4.71. The maximum Gasteiger partial charge on any atom is 0.169 e. The fourth-order valence-corrected chi connectivity index (χ4v) is 4.71. The minimum absolute atomic E-state index is 1.06. The Balaban J connectivity index is 1.42. The number of hydrogen-bond donors (Lipinski definition) is 0. The van der Waals surface area contributed by atoms with E-state index in [1.54, 1.807) is 0 Å². The smallest absolute Gasteiger partial charge is 0.169 e. The topological polar surface area (TPSA) is 12.0 Å². The van der Waals surface area contributed by atoms with Crippen LogP contribution in [0.1, 0.15) is 24.0 Å². The maximum absolute atomic E-state index is 2.56. The van der Waals surface area contributed by atoms with Crippen LogP contribution in [0.3, 0.4) is 0 Å². The molecule has 0 saturated carbocycles. The Labute approximate surface area is 184 Å². The molecule has 31 heavy (non-hydrogen) atoms. The molecule has 3 heterocycles. The van der Waals surface area contributed by atoms with Crippen LogP contribution in [-0.4, -0.2) is 29.1 Å². The third-order valence-electron chi connectivity index (χ3n) is 6.43. The van der Waals surface area contributed by atoms with Crippen molar-refractivity contribution in [2.45, 2.75) is 19.4 Å². The molecule has 0 amide bonds. The third kappa shape index (κ3) is 4.19. The van der Waals surface area contributed by atoms with E-state index < -0.39 is 0 Å². The summed E-state index contributed by atoms with van der Waals surface area (Å²) in [6.07, 6.45) is 11.6. The van der Waals surface area contributed by atoms with E-state index in [1.807, 2.05) is 0 Å². The van der Waals surface area contributed by atoms with Gasteiger partial charge in [-0.1, -0.05) is 60.7 Å². The quantitative estimate of drug-likeness (QED) is 0.389. The van der Waals surface area contributed by atoms with Crippen molar-refractivity contribution in [1.82, 2.24) is 9.47 Å². The molecule has 3 heteroatoms. The SMILES string of the molecule is Cn1c(-c2ccccc2)c(C=Cc2cc[n+](CCN3CCCC3)cc2)c2ccccc21. The predicted molar refractivity (Wildman–Crippen MR) is 130 cm³/mol. The van der Waals surface area contributed by atoms with E-state index in [2.05, 4.69) is 112 Å². The normalized spacial score (nSPS) is 14.7. The summed E-state index contributed by atoms with van der Waals surface area (Å²) in [4.78, 5) is 2.56. The molecule has 0 aliphatic carbocycles. The molecule has 1 aliphatic rings. The van der Waals surface area contributed by atoms with Gasteiger partial charge in [0.15, 0.2) is 18.9 Å². The average Bonchev–Trinajstić information content (AvgIpc) is 3.44. The summed E-state index contributed by atoms with van der Waals surface area (Å²) < 4.78 is 4.60. The Morgan fingerprint density at radius 1 is 0.839 bits per heavy atom. The molecule has 1 saturated heterocycles. The summed E-state index contributed by atoms with van der Waals surface area (Å²) in [5.74, 6) is 0. The van der Waals surface area contributed by atoms with Crippen LogP contribution in [0.2, 0.25) is 0 Å². The lowest BCUT2D eigenvalue weighted by Gasteiger charge is -2.11. The Bertz CT molecular complexity index is 1180. The molecule has 5 rings (SSSR count). The number of para-hydroxylation sites is 1. The van der Waals surface area contributed by atoms with Crippen LogP contribution in [-0.2, 0) is 13.6 Å². The third-order valence-corrected chi connectivity index (χ3v) is 6.43. The second-order valence-corrected chi connectivity index (χ2v) is 8.46. The Morgan fingerprint density at radius 3 is 2.32 bits per heavy atom.